The molecule has 0 aliphatic carbocycles. The average Bonchev–Trinajstić information content (AvgIpc) is 3.54. The van der Waals surface area contributed by atoms with E-state index in [-0.39, 0.29) is 46.6 Å². The van der Waals surface area contributed by atoms with Crippen LogP contribution in [0.4, 0.5) is 5.82 Å². The van der Waals surface area contributed by atoms with Crippen LogP contribution in [0.3, 0.4) is 0 Å². The summed E-state index contributed by atoms with van der Waals surface area (Å²) < 4.78 is 47.0. The van der Waals surface area contributed by atoms with E-state index in [1.807, 2.05) is 13.8 Å². The fraction of sp³-hybridized carbons (Fsp3) is 0.222. The summed E-state index contributed by atoms with van der Waals surface area (Å²) in [4.78, 5) is 17.5. The van der Waals surface area contributed by atoms with Crippen LogP contribution in [0.5, 0.6) is 23.1 Å². The number of nitrogens with one attached hydrogen (secondary N) is 2. The van der Waals surface area contributed by atoms with Crippen molar-refractivity contribution >= 4 is 15.8 Å². The molecule has 0 aliphatic rings. The number of pyridine rings is 2. The predicted molar refractivity (Wildman–Crippen MR) is 152 cm³/mol. The van der Waals surface area contributed by atoms with Crippen molar-refractivity contribution in [2.45, 2.75) is 31.7 Å². The van der Waals surface area contributed by atoms with Crippen LogP contribution in [0.25, 0.3) is 22.9 Å². The molecule has 0 unspecified atom stereocenters. The molecule has 2 N–H and O–H groups in total. The summed E-state index contributed by atoms with van der Waals surface area (Å²) in [6.07, 6.45) is 3.05. The topological polar surface area (TPSA) is 180 Å². The number of para-hydroxylation sites is 2. The molecule has 4 aromatic heterocycles. The molecule has 0 bridgehead atoms. The maximum absolute atomic E-state index is 13.5. The number of ether oxygens (including phenoxy) is 3. The molecule has 0 fully saturated rings. The molecular formula is C27H27N9O5S. The molecule has 4 heterocycles. The second-order valence-electron chi connectivity index (χ2n) is 9.07. The van der Waals surface area contributed by atoms with Crippen LogP contribution >= 0.6 is 0 Å². The van der Waals surface area contributed by atoms with Gasteiger partial charge in [-0.3, -0.25) is 9.71 Å². The van der Waals surface area contributed by atoms with Gasteiger partial charge in [-0.1, -0.05) is 32.0 Å². The van der Waals surface area contributed by atoms with Gasteiger partial charge in [-0.15, -0.1) is 10.2 Å². The first-order valence-electron chi connectivity index (χ1n) is 12.8. The Hall–Kier alpha value is -5.18. The third-order valence-electron chi connectivity index (χ3n) is 5.92. The number of sulfonamides is 1. The van der Waals surface area contributed by atoms with E-state index in [9.17, 15) is 8.42 Å². The number of H-pyrrole nitrogens is 1. The quantitative estimate of drug-likeness (QED) is 0.224. The molecule has 15 heteroatoms. The molecule has 0 saturated carbocycles. The number of anilines is 1. The lowest BCUT2D eigenvalue weighted by Crippen LogP contribution is -2.17. The predicted octanol–water partition coefficient (Wildman–Crippen LogP) is 4.24. The Bertz CT molecular complexity index is 1780. The number of aromatic nitrogens is 8. The highest BCUT2D eigenvalue weighted by Gasteiger charge is 2.26. The number of nitrogens with zero attached hydrogens (tertiary/aromatic N) is 7. The fourth-order valence-corrected chi connectivity index (χ4v) is 4.74. The van der Waals surface area contributed by atoms with E-state index >= 15 is 0 Å². The molecule has 0 spiro atoms. The zero-order chi connectivity index (χ0) is 29.7. The highest BCUT2D eigenvalue weighted by atomic mass is 32.2. The minimum Gasteiger partial charge on any atom is -0.493 e. The van der Waals surface area contributed by atoms with E-state index in [2.05, 4.69) is 45.3 Å². The molecule has 0 atom stereocenters. The molecule has 0 saturated heterocycles. The van der Waals surface area contributed by atoms with Crippen LogP contribution in [-0.4, -0.2) is 62.7 Å². The molecule has 0 amide bonds. The van der Waals surface area contributed by atoms with Crippen LogP contribution in [0, 0.1) is 0 Å². The smallest absolute Gasteiger partial charge is 0.280 e. The summed E-state index contributed by atoms with van der Waals surface area (Å²) in [7, 11) is -2.73. The van der Waals surface area contributed by atoms with Crippen molar-refractivity contribution in [2.75, 3.05) is 18.4 Å². The minimum atomic E-state index is -4.22. The summed E-state index contributed by atoms with van der Waals surface area (Å²) in [5.41, 5.74) is 1.77. The molecular weight excluding hydrogens is 562 g/mol. The Morgan fingerprint density at radius 3 is 2.48 bits per heavy atom. The van der Waals surface area contributed by atoms with Gasteiger partial charge in [0.15, 0.2) is 28.2 Å². The van der Waals surface area contributed by atoms with Crippen LogP contribution in [-0.2, 0) is 10.0 Å². The van der Waals surface area contributed by atoms with Crippen molar-refractivity contribution < 1.29 is 22.6 Å². The molecule has 5 aromatic rings. The second-order valence-corrected chi connectivity index (χ2v) is 10.7. The van der Waals surface area contributed by atoms with Crippen LogP contribution in [0.15, 0.2) is 66.0 Å². The Morgan fingerprint density at radius 1 is 1.00 bits per heavy atom. The van der Waals surface area contributed by atoms with E-state index in [0.717, 1.165) is 5.56 Å². The largest absolute Gasteiger partial charge is 0.493 e. The SMILES string of the molecule is CCOc1nc(-c2ccnc(-c3nn[nH]n3)c2)nc(NS(=O)(=O)c2ccc(C(C)C)cn2)c1Oc1ccccc1OC. The van der Waals surface area contributed by atoms with Gasteiger partial charge in [-0.05, 0) is 54.0 Å². The van der Waals surface area contributed by atoms with Gasteiger partial charge in [-0.2, -0.15) is 18.6 Å². The Balaban J connectivity index is 1.65. The second kappa shape index (κ2) is 12.1. The van der Waals surface area contributed by atoms with Gasteiger partial charge >= 0.3 is 0 Å². The number of methoxy groups -OCH3 is 1. The van der Waals surface area contributed by atoms with Crippen molar-refractivity contribution in [1.29, 1.82) is 0 Å². The standard InChI is InChI=1S/C27H27N9O5S/c1-5-40-27-23(41-21-9-7-6-8-20(21)39-4)26(34-42(37,38)22-11-10-18(15-29-22)16(2)3)30-24(31-27)17-12-13-28-19(14-17)25-32-35-36-33-25/h6-16H,5H2,1-4H3,(H,30,31,34)(H,32,33,35,36). The maximum atomic E-state index is 13.5. The zero-order valence-corrected chi connectivity index (χ0v) is 24.0. The number of rotatable bonds is 11. The van der Waals surface area contributed by atoms with E-state index in [1.54, 1.807) is 49.4 Å². The summed E-state index contributed by atoms with van der Waals surface area (Å²) in [6.45, 7) is 5.95. The first kappa shape index (κ1) is 28.4. The Morgan fingerprint density at radius 2 is 1.81 bits per heavy atom. The molecule has 5 rings (SSSR count). The van der Waals surface area contributed by atoms with Crippen molar-refractivity contribution in [3.8, 4) is 46.0 Å². The van der Waals surface area contributed by atoms with Crippen molar-refractivity contribution in [2.24, 2.45) is 0 Å². The van der Waals surface area contributed by atoms with Crippen molar-refractivity contribution in [3.05, 3.63) is 66.5 Å². The third-order valence-corrected chi connectivity index (χ3v) is 7.18. The molecule has 0 aliphatic heterocycles. The maximum Gasteiger partial charge on any atom is 0.280 e. The fourth-order valence-electron chi connectivity index (χ4n) is 3.80. The van der Waals surface area contributed by atoms with Gasteiger partial charge in [0.25, 0.3) is 15.9 Å². The van der Waals surface area contributed by atoms with Gasteiger partial charge in [0.2, 0.25) is 11.6 Å². The molecule has 42 heavy (non-hydrogen) atoms. The molecule has 14 nitrogen and oxygen atoms in total. The van der Waals surface area contributed by atoms with Gasteiger partial charge in [0, 0.05) is 18.0 Å². The van der Waals surface area contributed by atoms with E-state index in [0.29, 0.717) is 22.8 Å². The number of benzene rings is 1. The minimum absolute atomic E-state index is 0.00727. The number of hydrogen-bond acceptors (Lipinski definition) is 12. The lowest BCUT2D eigenvalue weighted by molar-refractivity contribution is 0.304. The van der Waals surface area contributed by atoms with E-state index in [4.69, 9.17) is 14.2 Å². The first-order chi connectivity index (χ1) is 20.3. The van der Waals surface area contributed by atoms with E-state index in [1.165, 1.54) is 25.6 Å². The Labute approximate surface area is 241 Å². The highest BCUT2D eigenvalue weighted by Crippen LogP contribution is 2.41. The van der Waals surface area contributed by atoms with Crippen LogP contribution in [0.2, 0.25) is 0 Å². The van der Waals surface area contributed by atoms with Crippen LogP contribution < -0.4 is 18.9 Å². The van der Waals surface area contributed by atoms with Gasteiger partial charge in [0.1, 0.15) is 5.69 Å². The third kappa shape index (κ3) is 6.10. The Kier molecular flexibility index (Phi) is 8.19. The number of aromatic amines is 1. The van der Waals surface area contributed by atoms with Crippen molar-refractivity contribution in [1.82, 2.24) is 40.6 Å². The van der Waals surface area contributed by atoms with Gasteiger partial charge < -0.3 is 14.2 Å². The first-order valence-corrected chi connectivity index (χ1v) is 14.3. The summed E-state index contributed by atoms with van der Waals surface area (Å²) in [6, 6.07) is 13.3. The van der Waals surface area contributed by atoms with E-state index < -0.39 is 10.0 Å². The number of tetrazole rings is 1. The van der Waals surface area contributed by atoms with Crippen molar-refractivity contribution in [3.63, 3.8) is 0 Å². The zero-order valence-electron chi connectivity index (χ0n) is 23.1. The normalized spacial score (nSPS) is 11.4. The van der Waals surface area contributed by atoms with Gasteiger partial charge in [0.05, 0.1) is 13.7 Å². The lowest BCUT2D eigenvalue weighted by atomic mass is 10.1. The summed E-state index contributed by atoms with van der Waals surface area (Å²) in [5, 5.41) is 13.7. The van der Waals surface area contributed by atoms with Crippen LogP contribution in [0.1, 0.15) is 32.3 Å². The summed E-state index contributed by atoms with van der Waals surface area (Å²) in [5.74, 6) is 1.00. The molecule has 216 valence electrons. The average molecular weight is 590 g/mol. The summed E-state index contributed by atoms with van der Waals surface area (Å²) >= 11 is 0. The monoisotopic (exact) mass is 589 g/mol. The lowest BCUT2D eigenvalue weighted by Gasteiger charge is -2.18. The highest BCUT2D eigenvalue weighted by molar-refractivity contribution is 7.92. The van der Waals surface area contributed by atoms with Gasteiger partial charge in [-0.25, -0.2) is 9.97 Å². The number of hydrogen-bond donors (Lipinski definition) is 2. The molecule has 0 radical (unpaired) electrons. The molecule has 1 aromatic carbocycles.